The monoisotopic (exact) mass is 330 g/mol. The molecule has 0 saturated carbocycles. The Morgan fingerprint density at radius 3 is 2.78 bits per heavy atom. The number of aromatic nitrogens is 3. The number of ether oxygens (including phenoxy) is 2. The van der Waals surface area contributed by atoms with Crippen molar-refractivity contribution in [2.75, 3.05) is 14.2 Å². The smallest absolute Gasteiger partial charge is 0.216 e. The van der Waals surface area contributed by atoms with Crippen molar-refractivity contribution >= 4 is 18.4 Å². The number of rotatable bonds is 5. The van der Waals surface area contributed by atoms with Crippen LogP contribution in [0.1, 0.15) is 5.76 Å². The van der Waals surface area contributed by atoms with E-state index in [9.17, 15) is 0 Å². The summed E-state index contributed by atoms with van der Waals surface area (Å²) in [6.07, 6.45) is 3.14. The molecule has 0 amide bonds. The van der Waals surface area contributed by atoms with E-state index >= 15 is 0 Å². The van der Waals surface area contributed by atoms with Crippen molar-refractivity contribution in [1.82, 2.24) is 14.9 Å². The number of H-pyrrole nitrogens is 1. The quantitative estimate of drug-likeness (QED) is 0.574. The fourth-order valence-corrected chi connectivity index (χ4v) is 2.22. The predicted molar refractivity (Wildman–Crippen MR) is 87.7 cm³/mol. The van der Waals surface area contributed by atoms with E-state index < -0.39 is 0 Å². The lowest BCUT2D eigenvalue weighted by atomic mass is 10.2. The Hall–Kier alpha value is -2.87. The number of benzene rings is 1. The van der Waals surface area contributed by atoms with Crippen molar-refractivity contribution in [2.45, 2.75) is 0 Å². The first-order valence-corrected chi connectivity index (χ1v) is 7.11. The van der Waals surface area contributed by atoms with Crippen molar-refractivity contribution < 1.29 is 13.9 Å². The molecule has 0 radical (unpaired) electrons. The topological polar surface area (TPSA) is 77.6 Å². The fraction of sp³-hybridized carbons (Fsp3) is 0.133. The molecule has 0 saturated heterocycles. The largest absolute Gasteiger partial charge is 0.493 e. The Labute approximate surface area is 137 Å². The molecule has 0 unspecified atom stereocenters. The second kappa shape index (κ2) is 6.49. The summed E-state index contributed by atoms with van der Waals surface area (Å²) in [7, 11) is 3.16. The predicted octanol–water partition coefficient (Wildman–Crippen LogP) is 3.10. The molecule has 8 heteroatoms. The van der Waals surface area contributed by atoms with E-state index in [1.807, 2.05) is 12.1 Å². The molecule has 118 valence electrons. The highest BCUT2D eigenvalue weighted by Gasteiger charge is 2.12. The Bertz CT molecular complexity index is 881. The summed E-state index contributed by atoms with van der Waals surface area (Å²) < 4.78 is 17.7. The maximum Gasteiger partial charge on any atom is 0.216 e. The molecule has 0 aliphatic carbocycles. The third-order valence-electron chi connectivity index (χ3n) is 3.14. The minimum absolute atomic E-state index is 0.373. The van der Waals surface area contributed by atoms with E-state index in [0.29, 0.717) is 27.9 Å². The molecule has 0 spiro atoms. The lowest BCUT2D eigenvalue weighted by Crippen LogP contribution is -1.96. The van der Waals surface area contributed by atoms with Crippen LogP contribution in [0.2, 0.25) is 0 Å². The second-order valence-electron chi connectivity index (χ2n) is 4.49. The summed E-state index contributed by atoms with van der Waals surface area (Å²) in [5.74, 6) is 2.40. The zero-order chi connectivity index (χ0) is 16.2. The minimum atomic E-state index is 0.373. The lowest BCUT2D eigenvalue weighted by molar-refractivity contribution is 0.355. The SMILES string of the molecule is COc1ccc(-c2n[nH]c(=S)n2/N=C\c2ccco2)cc1OC. The first-order valence-electron chi connectivity index (χ1n) is 6.70. The number of hydrogen-bond donors (Lipinski definition) is 1. The molecule has 7 nitrogen and oxygen atoms in total. The van der Waals surface area contributed by atoms with Crippen molar-refractivity contribution in [3.05, 3.63) is 47.1 Å². The summed E-state index contributed by atoms with van der Waals surface area (Å²) >= 11 is 5.22. The van der Waals surface area contributed by atoms with Crippen LogP contribution in [0.5, 0.6) is 11.5 Å². The average molecular weight is 330 g/mol. The summed E-state index contributed by atoms with van der Waals surface area (Å²) in [5, 5.41) is 11.3. The average Bonchev–Trinajstić information content (AvgIpc) is 3.22. The van der Waals surface area contributed by atoms with E-state index in [2.05, 4.69) is 15.3 Å². The number of methoxy groups -OCH3 is 2. The molecule has 23 heavy (non-hydrogen) atoms. The molecule has 3 aromatic rings. The van der Waals surface area contributed by atoms with E-state index in [1.54, 1.807) is 44.9 Å². The number of hydrogen-bond acceptors (Lipinski definition) is 6. The molecule has 0 bridgehead atoms. The van der Waals surface area contributed by atoms with Crippen molar-refractivity contribution in [3.63, 3.8) is 0 Å². The van der Waals surface area contributed by atoms with Gasteiger partial charge >= 0.3 is 0 Å². The normalized spacial score (nSPS) is 11.0. The zero-order valence-corrected chi connectivity index (χ0v) is 13.3. The van der Waals surface area contributed by atoms with Crippen LogP contribution in [0.4, 0.5) is 0 Å². The van der Waals surface area contributed by atoms with Gasteiger partial charge in [0.1, 0.15) is 5.76 Å². The second-order valence-corrected chi connectivity index (χ2v) is 4.88. The van der Waals surface area contributed by atoms with Crippen LogP contribution in [0, 0.1) is 4.77 Å². The molecular weight excluding hydrogens is 316 g/mol. The third kappa shape index (κ3) is 3.02. The van der Waals surface area contributed by atoms with Gasteiger partial charge in [0, 0.05) is 5.56 Å². The Morgan fingerprint density at radius 2 is 2.09 bits per heavy atom. The molecule has 2 heterocycles. The molecule has 0 aliphatic rings. The molecule has 1 N–H and O–H groups in total. The molecule has 1 aromatic carbocycles. The number of aromatic amines is 1. The summed E-state index contributed by atoms with van der Waals surface area (Å²) in [4.78, 5) is 0. The molecular formula is C15H14N4O3S. The molecule has 0 aliphatic heterocycles. The number of nitrogens with zero attached hydrogens (tertiary/aromatic N) is 3. The van der Waals surface area contributed by atoms with Crippen LogP contribution < -0.4 is 9.47 Å². The molecule has 2 aromatic heterocycles. The number of furan rings is 1. The summed E-state index contributed by atoms with van der Waals surface area (Å²) in [6.45, 7) is 0. The fourth-order valence-electron chi connectivity index (χ4n) is 2.04. The van der Waals surface area contributed by atoms with E-state index in [1.165, 1.54) is 4.68 Å². The Morgan fingerprint density at radius 1 is 1.26 bits per heavy atom. The maximum absolute atomic E-state index is 5.31. The third-order valence-corrected chi connectivity index (χ3v) is 3.40. The molecule has 3 rings (SSSR count). The molecule has 0 fully saturated rings. The van der Waals surface area contributed by atoms with E-state index in [0.717, 1.165) is 5.56 Å². The van der Waals surface area contributed by atoms with Crippen molar-refractivity contribution in [1.29, 1.82) is 0 Å². The van der Waals surface area contributed by atoms with Gasteiger partial charge in [-0.25, -0.2) is 5.10 Å². The van der Waals surface area contributed by atoms with Gasteiger partial charge in [-0.3, -0.25) is 0 Å². The Kier molecular flexibility index (Phi) is 4.24. The van der Waals surface area contributed by atoms with Gasteiger partial charge < -0.3 is 13.9 Å². The van der Waals surface area contributed by atoms with Crippen LogP contribution in [0.3, 0.4) is 0 Å². The lowest BCUT2D eigenvalue weighted by Gasteiger charge is -2.08. The van der Waals surface area contributed by atoms with Crippen LogP contribution in [-0.4, -0.2) is 35.3 Å². The van der Waals surface area contributed by atoms with Crippen LogP contribution in [0.25, 0.3) is 11.4 Å². The van der Waals surface area contributed by atoms with Gasteiger partial charge in [-0.1, -0.05) is 0 Å². The highest BCUT2D eigenvalue weighted by Crippen LogP contribution is 2.31. The van der Waals surface area contributed by atoms with Gasteiger partial charge in [0.15, 0.2) is 17.3 Å². The van der Waals surface area contributed by atoms with Crippen LogP contribution in [-0.2, 0) is 0 Å². The standard InChI is InChI=1S/C15H14N4O3S/c1-20-12-6-5-10(8-13(12)21-2)14-17-18-15(23)19(14)16-9-11-4-3-7-22-11/h3-9H,1-2H3,(H,18,23)/b16-9-. The van der Waals surface area contributed by atoms with E-state index in [-0.39, 0.29) is 0 Å². The first-order chi connectivity index (χ1) is 11.2. The highest BCUT2D eigenvalue weighted by molar-refractivity contribution is 7.71. The summed E-state index contributed by atoms with van der Waals surface area (Å²) in [5.41, 5.74) is 0.784. The molecule has 0 atom stereocenters. The first kappa shape index (κ1) is 15.0. The number of nitrogens with one attached hydrogen (secondary N) is 1. The summed E-state index contributed by atoms with van der Waals surface area (Å²) in [6, 6.07) is 9.04. The van der Waals surface area contributed by atoms with E-state index in [4.69, 9.17) is 26.1 Å². The van der Waals surface area contributed by atoms with Gasteiger partial charge in [-0.2, -0.15) is 14.9 Å². The minimum Gasteiger partial charge on any atom is -0.493 e. The van der Waals surface area contributed by atoms with Gasteiger partial charge in [-0.15, -0.1) is 0 Å². The van der Waals surface area contributed by atoms with Crippen LogP contribution in [0.15, 0.2) is 46.1 Å². The van der Waals surface area contributed by atoms with Gasteiger partial charge in [0.05, 0.1) is 26.7 Å². The zero-order valence-electron chi connectivity index (χ0n) is 12.5. The van der Waals surface area contributed by atoms with Gasteiger partial charge in [-0.05, 0) is 42.5 Å². The van der Waals surface area contributed by atoms with Gasteiger partial charge in [0.25, 0.3) is 0 Å². The van der Waals surface area contributed by atoms with Gasteiger partial charge in [0.2, 0.25) is 4.77 Å². The Balaban J connectivity index is 2.03. The van der Waals surface area contributed by atoms with Crippen molar-refractivity contribution in [3.8, 4) is 22.9 Å². The van der Waals surface area contributed by atoms with Crippen molar-refractivity contribution in [2.24, 2.45) is 5.10 Å². The van der Waals surface area contributed by atoms with Crippen LogP contribution >= 0.6 is 12.2 Å². The highest BCUT2D eigenvalue weighted by atomic mass is 32.1. The maximum atomic E-state index is 5.31.